The lowest BCUT2D eigenvalue weighted by molar-refractivity contribution is -0.122. The molecule has 0 aliphatic rings. The fourth-order valence-corrected chi connectivity index (χ4v) is 2.26. The average molecular weight is 337 g/mol. The second-order valence-electron chi connectivity index (χ2n) is 6.40. The zero-order valence-corrected chi connectivity index (χ0v) is 14.9. The maximum absolute atomic E-state index is 12.2. The van der Waals surface area contributed by atoms with Crippen molar-refractivity contribution in [1.29, 1.82) is 0 Å². The zero-order valence-electron chi connectivity index (χ0n) is 14.1. The molecule has 2 aromatic carbocycles. The molecule has 126 valence electrons. The largest absolute Gasteiger partial charge is 0.497 e. The molecule has 2 rings (SSSR count). The number of benzene rings is 2. The molecule has 0 aromatic heterocycles. The van der Waals surface area contributed by atoms with Crippen LogP contribution in [-0.4, -0.2) is 25.1 Å². The first-order chi connectivity index (χ1) is 10.3. The molecule has 4 nitrogen and oxygen atoms in total. The van der Waals surface area contributed by atoms with Crippen molar-refractivity contribution < 1.29 is 9.53 Å². The monoisotopic (exact) mass is 336 g/mol. The van der Waals surface area contributed by atoms with Crippen molar-refractivity contribution in [2.45, 2.75) is 32.2 Å². The Kier molecular flexibility index (Phi) is 6.42. The first kappa shape index (κ1) is 19.3. The van der Waals surface area contributed by atoms with E-state index in [0.29, 0.717) is 6.54 Å². The van der Waals surface area contributed by atoms with Gasteiger partial charge in [0.1, 0.15) is 5.75 Å². The maximum Gasteiger partial charge on any atom is 0.227 e. The molecule has 2 aromatic rings. The second kappa shape index (κ2) is 7.66. The van der Waals surface area contributed by atoms with Gasteiger partial charge in [-0.2, -0.15) is 0 Å². The summed E-state index contributed by atoms with van der Waals surface area (Å²) in [5.74, 6) is 0.608. The SMILES string of the molecule is COc1ccc2cc(C(C)C(=O)NCC(C)(C)N)ccc2c1.Cl. The predicted molar refractivity (Wildman–Crippen MR) is 97.4 cm³/mol. The Bertz CT molecular complexity index is 680. The highest BCUT2D eigenvalue weighted by Crippen LogP contribution is 2.25. The Balaban J connectivity index is 0.00000264. The fourth-order valence-electron chi connectivity index (χ4n) is 2.26. The molecule has 1 amide bonds. The molecule has 23 heavy (non-hydrogen) atoms. The van der Waals surface area contributed by atoms with Crippen LogP contribution < -0.4 is 15.8 Å². The normalized spacial score (nSPS) is 12.4. The van der Waals surface area contributed by atoms with Gasteiger partial charge in [0.15, 0.2) is 0 Å². The van der Waals surface area contributed by atoms with Gasteiger partial charge >= 0.3 is 0 Å². The molecule has 0 fully saturated rings. The van der Waals surface area contributed by atoms with Gasteiger partial charge < -0.3 is 15.8 Å². The van der Waals surface area contributed by atoms with Gasteiger partial charge in [0.2, 0.25) is 5.91 Å². The number of nitrogens with one attached hydrogen (secondary N) is 1. The number of methoxy groups -OCH3 is 1. The number of nitrogens with two attached hydrogens (primary N) is 1. The fraction of sp³-hybridized carbons (Fsp3) is 0.389. The maximum atomic E-state index is 12.2. The molecule has 0 spiro atoms. The van der Waals surface area contributed by atoms with Crippen LogP contribution in [0, 0.1) is 0 Å². The second-order valence-corrected chi connectivity index (χ2v) is 6.40. The summed E-state index contributed by atoms with van der Waals surface area (Å²) < 4.78 is 5.23. The Morgan fingerprint density at radius 1 is 1.22 bits per heavy atom. The van der Waals surface area contributed by atoms with E-state index in [4.69, 9.17) is 10.5 Å². The van der Waals surface area contributed by atoms with Crippen LogP contribution in [-0.2, 0) is 4.79 Å². The van der Waals surface area contributed by atoms with Gasteiger partial charge in [-0.1, -0.05) is 24.3 Å². The van der Waals surface area contributed by atoms with E-state index < -0.39 is 5.54 Å². The van der Waals surface area contributed by atoms with Gasteiger partial charge in [0, 0.05) is 12.1 Å². The highest BCUT2D eigenvalue weighted by molar-refractivity contribution is 5.88. The molecule has 1 unspecified atom stereocenters. The number of hydrogen-bond donors (Lipinski definition) is 2. The lowest BCUT2D eigenvalue weighted by Crippen LogP contribution is -2.46. The Hall–Kier alpha value is -1.78. The summed E-state index contributed by atoms with van der Waals surface area (Å²) in [5.41, 5.74) is 6.48. The quantitative estimate of drug-likeness (QED) is 0.881. The molecule has 0 heterocycles. The highest BCUT2D eigenvalue weighted by atomic mass is 35.5. The van der Waals surface area contributed by atoms with Crippen LogP contribution in [0.25, 0.3) is 10.8 Å². The van der Waals surface area contributed by atoms with Crippen molar-refractivity contribution in [3.8, 4) is 5.75 Å². The zero-order chi connectivity index (χ0) is 16.3. The molecule has 1 atom stereocenters. The van der Waals surface area contributed by atoms with Crippen LogP contribution in [0.3, 0.4) is 0 Å². The summed E-state index contributed by atoms with van der Waals surface area (Å²) in [6.45, 7) is 6.15. The van der Waals surface area contributed by atoms with Crippen molar-refractivity contribution in [3.05, 3.63) is 42.0 Å². The highest BCUT2D eigenvalue weighted by Gasteiger charge is 2.18. The van der Waals surface area contributed by atoms with Gasteiger partial charge in [-0.05, 0) is 49.2 Å². The van der Waals surface area contributed by atoms with Crippen molar-refractivity contribution in [2.24, 2.45) is 5.73 Å². The Labute approximate surface area is 143 Å². The van der Waals surface area contributed by atoms with Gasteiger partial charge in [0.25, 0.3) is 0 Å². The number of carbonyl (C=O) groups excluding carboxylic acids is 1. The van der Waals surface area contributed by atoms with E-state index in [9.17, 15) is 4.79 Å². The third kappa shape index (κ3) is 5.12. The van der Waals surface area contributed by atoms with Crippen LogP contribution in [0.5, 0.6) is 5.75 Å². The van der Waals surface area contributed by atoms with Crippen LogP contribution in [0.4, 0.5) is 0 Å². The number of amides is 1. The number of carbonyl (C=O) groups is 1. The summed E-state index contributed by atoms with van der Waals surface area (Å²) in [4.78, 5) is 12.2. The molecular formula is C18H25ClN2O2. The van der Waals surface area contributed by atoms with Gasteiger partial charge in [0.05, 0.1) is 13.0 Å². The van der Waals surface area contributed by atoms with E-state index in [2.05, 4.69) is 5.32 Å². The molecule has 0 saturated carbocycles. The summed E-state index contributed by atoms with van der Waals surface area (Å²) in [6, 6.07) is 12.0. The molecular weight excluding hydrogens is 312 g/mol. The Morgan fingerprint density at radius 2 is 1.83 bits per heavy atom. The molecule has 0 saturated heterocycles. The summed E-state index contributed by atoms with van der Waals surface area (Å²) in [6.07, 6.45) is 0. The molecule has 3 N–H and O–H groups in total. The summed E-state index contributed by atoms with van der Waals surface area (Å²) in [7, 11) is 1.65. The minimum absolute atomic E-state index is 0. The minimum Gasteiger partial charge on any atom is -0.497 e. The van der Waals surface area contributed by atoms with E-state index in [-0.39, 0.29) is 24.2 Å². The van der Waals surface area contributed by atoms with Crippen LogP contribution in [0.15, 0.2) is 36.4 Å². The van der Waals surface area contributed by atoms with E-state index in [0.717, 1.165) is 22.1 Å². The van der Waals surface area contributed by atoms with E-state index in [1.54, 1.807) is 7.11 Å². The minimum atomic E-state index is -0.407. The van der Waals surface area contributed by atoms with Gasteiger partial charge in [-0.25, -0.2) is 0 Å². The number of fused-ring (bicyclic) bond motifs is 1. The summed E-state index contributed by atoms with van der Waals surface area (Å²) in [5, 5.41) is 5.09. The third-order valence-electron chi connectivity index (χ3n) is 3.68. The van der Waals surface area contributed by atoms with E-state index >= 15 is 0 Å². The Morgan fingerprint density at radius 3 is 2.43 bits per heavy atom. The molecule has 0 aliphatic heterocycles. The number of hydrogen-bond acceptors (Lipinski definition) is 3. The smallest absolute Gasteiger partial charge is 0.227 e. The predicted octanol–water partition coefficient (Wildman–Crippen LogP) is 3.23. The van der Waals surface area contributed by atoms with Gasteiger partial charge in [-0.15, -0.1) is 12.4 Å². The topological polar surface area (TPSA) is 64.3 Å². The molecule has 0 radical (unpaired) electrons. The first-order valence-electron chi connectivity index (χ1n) is 7.44. The van der Waals surface area contributed by atoms with Crippen LogP contribution >= 0.6 is 12.4 Å². The van der Waals surface area contributed by atoms with Crippen molar-refractivity contribution in [2.75, 3.05) is 13.7 Å². The lowest BCUT2D eigenvalue weighted by Gasteiger charge is -2.21. The molecule has 0 bridgehead atoms. The van der Waals surface area contributed by atoms with Crippen LogP contribution in [0.2, 0.25) is 0 Å². The van der Waals surface area contributed by atoms with E-state index in [1.807, 2.05) is 57.2 Å². The van der Waals surface area contributed by atoms with Crippen molar-refractivity contribution in [3.63, 3.8) is 0 Å². The van der Waals surface area contributed by atoms with Gasteiger partial charge in [-0.3, -0.25) is 4.79 Å². The van der Waals surface area contributed by atoms with Crippen molar-refractivity contribution >= 4 is 29.1 Å². The number of halogens is 1. The number of ether oxygens (including phenoxy) is 1. The lowest BCUT2D eigenvalue weighted by atomic mass is 9.96. The summed E-state index contributed by atoms with van der Waals surface area (Å²) >= 11 is 0. The molecule has 5 heteroatoms. The first-order valence-corrected chi connectivity index (χ1v) is 7.44. The molecule has 0 aliphatic carbocycles. The van der Waals surface area contributed by atoms with Crippen molar-refractivity contribution in [1.82, 2.24) is 5.32 Å². The average Bonchev–Trinajstić information content (AvgIpc) is 2.50. The van der Waals surface area contributed by atoms with Crippen LogP contribution in [0.1, 0.15) is 32.3 Å². The number of rotatable bonds is 5. The third-order valence-corrected chi connectivity index (χ3v) is 3.68. The van der Waals surface area contributed by atoms with E-state index in [1.165, 1.54) is 0 Å². The standard InChI is InChI=1S/C18H24N2O2.ClH/c1-12(17(21)20-11-18(2,3)19)13-5-6-15-10-16(22-4)8-7-14(15)9-13;/h5-10,12H,11,19H2,1-4H3,(H,20,21);1H.